The largest absolute Gasteiger partial charge is 0.392 e. The summed E-state index contributed by atoms with van der Waals surface area (Å²) in [6, 6.07) is -0.426. The van der Waals surface area contributed by atoms with Crippen LogP contribution in [0.15, 0.2) is 0 Å². The van der Waals surface area contributed by atoms with E-state index >= 15 is 0 Å². The molecule has 0 bridgehead atoms. The molecule has 180 valence electrons. The van der Waals surface area contributed by atoms with Gasteiger partial charge in [0.1, 0.15) is 0 Å². The van der Waals surface area contributed by atoms with Crippen LogP contribution in [0.1, 0.15) is 97.8 Å². The summed E-state index contributed by atoms with van der Waals surface area (Å²) in [5.74, 6) is 0. The molecular weight excluding hydrogens is 382 g/mol. The minimum Gasteiger partial charge on any atom is -0.392 e. The van der Waals surface area contributed by atoms with Gasteiger partial charge in [-0.25, -0.2) is 5.48 Å². The van der Waals surface area contributed by atoms with E-state index in [0.29, 0.717) is 13.0 Å². The highest BCUT2D eigenvalue weighted by Gasteiger charge is 2.19. The molecule has 30 heavy (non-hydrogen) atoms. The van der Waals surface area contributed by atoms with Crippen molar-refractivity contribution in [2.75, 3.05) is 19.7 Å². The van der Waals surface area contributed by atoms with Gasteiger partial charge in [0.05, 0.1) is 24.9 Å². The molecular formula is C23H49N3O4. The molecule has 4 atom stereocenters. The molecule has 0 saturated carbocycles. The Labute approximate surface area is 184 Å². The van der Waals surface area contributed by atoms with Crippen molar-refractivity contribution in [1.29, 1.82) is 0 Å². The predicted molar refractivity (Wildman–Crippen MR) is 123 cm³/mol. The Morgan fingerprint density at radius 3 is 1.73 bits per heavy atom. The van der Waals surface area contributed by atoms with Crippen LogP contribution < -0.4 is 16.1 Å². The SMILES string of the molecule is CCCCCCCCCCCCCCNC(CNC(CONC=O)C(C)O)C(C)O. The Morgan fingerprint density at radius 1 is 0.767 bits per heavy atom. The number of hydrogen-bond donors (Lipinski definition) is 5. The summed E-state index contributed by atoms with van der Waals surface area (Å²) in [6.07, 6.45) is 15.2. The smallest absolute Gasteiger partial charge is 0.230 e. The van der Waals surface area contributed by atoms with E-state index in [1.165, 1.54) is 70.6 Å². The van der Waals surface area contributed by atoms with Gasteiger partial charge >= 0.3 is 0 Å². The summed E-state index contributed by atoms with van der Waals surface area (Å²) in [7, 11) is 0. The fraction of sp³-hybridized carbons (Fsp3) is 0.957. The first-order valence-electron chi connectivity index (χ1n) is 12.2. The molecule has 1 amide bonds. The van der Waals surface area contributed by atoms with E-state index in [-0.39, 0.29) is 18.7 Å². The third-order valence-corrected chi connectivity index (χ3v) is 5.60. The number of unbranched alkanes of at least 4 members (excludes halogenated alkanes) is 11. The molecule has 4 unspecified atom stereocenters. The number of amides is 1. The minimum absolute atomic E-state index is 0.0991. The molecule has 0 spiro atoms. The Balaban J connectivity index is 3.75. The number of aliphatic hydroxyl groups excluding tert-OH is 2. The molecule has 0 aliphatic carbocycles. The second kappa shape index (κ2) is 21.5. The average Bonchev–Trinajstić information content (AvgIpc) is 2.71. The van der Waals surface area contributed by atoms with E-state index in [1.807, 2.05) is 0 Å². The lowest BCUT2D eigenvalue weighted by atomic mass is 10.1. The molecule has 0 saturated heterocycles. The molecule has 0 aliphatic rings. The maximum Gasteiger partial charge on any atom is 0.230 e. The van der Waals surface area contributed by atoms with Crippen molar-refractivity contribution in [2.24, 2.45) is 0 Å². The van der Waals surface area contributed by atoms with Crippen molar-refractivity contribution in [3.8, 4) is 0 Å². The third-order valence-electron chi connectivity index (χ3n) is 5.60. The molecule has 0 heterocycles. The van der Waals surface area contributed by atoms with Crippen molar-refractivity contribution in [2.45, 2.75) is 122 Å². The van der Waals surface area contributed by atoms with Gasteiger partial charge in [-0.05, 0) is 26.8 Å². The molecule has 0 aliphatic heterocycles. The zero-order valence-electron chi connectivity index (χ0n) is 19.7. The van der Waals surface area contributed by atoms with Crippen LogP contribution in [0.3, 0.4) is 0 Å². The van der Waals surface area contributed by atoms with E-state index < -0.39 is 12.2 Å². The van der Waals surface area contributed by atoms with Crippen molar-refractivity contribution in [3.63, 3.8) is 0 Å². The number of hydrogen-bond acceptors (Lipinski definition) is 6. The zero-order valence-corrected chi connectivity index (χ0v) is 19.7. The predicted octanol–water partition coefficient (Wildman–Crippen LogP) is 3.04. The fourth-order valence-electron chi connectivity index (χ4n) is 3.49. The van der Waals surface area contributed by atoms with Gasteiger partial charge in [0.2, 0.25) is 6.41 Å². The van der Waals surface area contributed by atoms with Crippen molar-refractivity contribution >= 4 is 6.41 Å². The van der Waals surface area contributed by atoms with Gasteiger partial charge in [-0.3, -0.25) is 9.63 Å². The molecule has 0 rings (SSSR count). The Kier molecular flexibility index (Phi) is 21.0. The number of hydroxylamine groups is 1. The van der Waals surface area contributed by atoms with Gasteiger partial charge in [-0.15, -0.1) is 0 Å². The summed E-state index contributed by atoms with van der Waals surface area (Å²) in [5.41, 5.74) is 2.13. The van der Waals surface area contributed by atoms with Gasteiger partial charge in [0.25, 0.3) is 0 Å². The summed E-state index contributed by atoms with van der Waals surface area (Å²) >= 11 is 0. The molecule has 0 fully saturated rings. The maximum atomic E-state index is 10.3. The monoisotopic (exact) mass is 431 g/mol. The fourth-order valence-corrected chi connectivity index (χ4v) is 3.49. The van der Waals surface area contributed by atoms with Crippen LogP contribution in [0.2, 0.25) is 0 Å². The second-order valence-corrected chi connectivity index (χ2v) is 8.49. The van der Waals surface area contributed by atoms with Crippen LogP contribution in [0.5, 0.6) is 0 Å². The lowest BCUT2D eigenvalue weighted by molar-refractivity contribution is -0.122. The van der Waals surface area contributed by atoms with Gasteiger partial charge in [0, 0.05) is 12.6 Å². The van der Waals surface area contributed by atoms with Crippen molar-refractivity contribution in [1.82, 2.24) is 16.1 Å². The first kappa shape index (κ1) is 29.3. The highest BCUT2D eigenvalue weighted by atomic mass is 16.6. The summed E-state index contributed by atoms with van der Waals surface area (Å²) < 4.78 is 0. The standard InChI is InChI=1S/C23H49N3O4/c1-4-5-6-7-8-9-10-11-12-13-14-15-16-24-22(20(2)28)17-25-23(21(3)29)18-30-26-19-27/h19-25,28-29H,4-18H2,1-3H3,(H,26,27). The lowest BCUT2D eigenvalue weighted by Gasteiger charge is -2.27. The second-order valence-electron chi connectivity index (χ2n) is 8.49. The number of rotatable bonds is 23. The molecule has 7 heteroatoms. The van der Waals surface area contributed by atoms with Crippen molar-refractivity contribution < 1.29 is 19.8 Å². The average molecular weight is 432 g/mol. The highest BCUT2D eigenvalue weighted by Crippen LogP contribution is 2.11. The maximum absolute atomic E-state index is 10.3. The lowest BCUT2D eigenvalue weighted by Crippen LogP contribution is -2.52. The summed E-state index contributed by atoms with van der Waals surface area (Å²) in [6.45, 7) is 7.23. The molecule has 0 radical (unpaired) electrons. The summed E-state index contributed by atoms with van der Waals surface area (Å²) in [4.78, 5) is 15.2. The van der Waals surface area contributed by atoms with Gasteiger partial charge < -0.3 is 20.8 Å². The van der Waals surface area contributed by atoms with E-state index in [9.17, 15) is 15.0 Å². The quantitative estimate of drug-likeness (QED) is 0.0968. The minimum atomic E-state index is -0.635. The van der Waals surface area contributed by atoms with E-state index in [1.54, 1.807) is 13.8 Å². The first-order chi connectivity index (χ1) is 14.5. The Bertz CT molecular complexity index is 370. The van der Waals surface area contributed by atoms with Crippen LogP contribution in [-0.2, 0) is 9.63 Å². The van der Waals surface area contributed by atoms with Crippen LogP contribution in [-0.4, -0.2) is 60.6 Å². The first-order valence-corrected chi connectivity index (χ1v) is 12.2. The molecule has 7 nitrogen and oxygen atoms in total. The number of nitrogens with one attached hydrogen (secondary N) is 3. The van der Waals surface area contributed by atoms with Crippen LogP contribution >= 0.6 is 0 Å². The zero-order chi connectivity index (χ0) is 22.5. The van der Waals surface area contributed by atoms with E-state index in [2.05, 4.69) is 23.0 Å². The van der Waals surface area contributed by atoms with E-state index in [4.69, 9.17) is 4.84 Å². The van der Waals surface area contributed by atoms with Crippen LogP contribution in [0.4, 0.5) is 0 Å². The Hall–Kier alpha value is -0.730. The Morgan fingerprint density at radius 2 is 1.27 bits per heavy atom. The van der Waals surface area contributed by atoms with Crippen LogP contribution in [0.25, 0.3) is 0 Å². The van der Waals surface area contributed by atoms with Crippen molar-refractivity contribution in [3.05, 3.63) is 0 Å². The van der Waals surface area contributed by atoms with Crippen LogP contribution in [0, 0.1) is 0 Å². The molecule has 5 N–H and O–H groups in total. The molecule has 0 aromatic carbocycles. The number of carbonyl (C=O) groups excluding carboxylic acids is 1. The molecule has 0 aromatic heterocycles. The van der Waals surface area contributed by atoms with Gasteiger partial charge in [0.15, 0.2) is 0 Å². The van der Waals surface area contributed by atoms with Gasteiger partial charge in [-0.1, -0.05) is 77.6 Å². The highest BCUT2D eigenvalue weighted by molar-refractivity contribution is 5.43. The third kappa shape index (κ3) is 18.1. The summed E-state index contributed by atoms with van der Waals surface area (Å²) in [5, 5.41) is 26.4. The number of aliphatic hydroxyl groups is 2. The van der Waals surface area contributed by atoms with E-state index in [0.717, 1.165) is 13.0 Å². The topological polar surface area (TPSA) is 103 Å². The van der Waals surface area contributed by atoms with Gasteiger partial charge in [-0.2, -0.15) is 0 Å². The molecule has 0 aromatic rings. The number of carbonyl (C=O) groups is 1. The normalized spacial score (nSPS) is 15.5.